The van der Waals surface area contributed by atoms with Crippen molar-refractivity contribution in [3.63, 3.8) is 0 Å². The predicted molar refractivity (Wildman–Crippen MR) is 112 cm³/mol. The summed E-state index contributed by atoms with van der Waals surface area (Å²) in [6, 6.07) is 5.55. The number of benzene rings is 1. The number of aromatic amines is 1. The number of nitrogens with two attached hydrogens (primary N) is 1. The molecule has 1 saturated carbocycles. The molecular formula is C21H27FN4O4. The van der Waals surface area contributed by atoms with E-state index in [0.717, 1.165) is 19.3 Å². The van der Waals surface area contributed by atoms with Crippen LogP contribution in [-0.2, 0) is 11.3 Å². The lowest BCUT2D eigenvalue weighted by Gasteiger charge is -2.29. The molecule has 0 saturated heterocycles. The Hall–Kier alpha value is -3.10. The third-order valence-electron chi connectivity index (χ3n) is 5.34. The van der Waals surface area contributed by atoms with Gasteiger partial charge < -0.3 is 10.5 Å². The highest BCUT2D eigenvalue weighted by atomic mass is 19.1. The number of nitrogens with one attached hydrogen (secondary N) is 1. The number of anilines is 2. The number of carbonyl (C=O) groups is 1. The topological polar surface area (TPSA) is 110 Å². The lowest BCUT2D eigenvalue weighted by Crippen LogP contribution is -2.47. The van der Waals surface area contributed by atoms with Crippen molar-refractivity contribution in [3.05, 3.63) is 50.9 Å². The van der Waals surface area contributed by atoms with Gasteiger partial charge in [0.15, 0.2) is 23.9 Å². The quantitative estimate of drug-likeness (QED) is 0.684. The van der Waals surface area contributed by atoms with E-state index >= 15 is 0 Å². The molecule has 0 atom stereocenters. The minimum atomic E-state index is -0.712. The number of ether oxygens (including phenoxy) is 1. The standard InChI is InChI=1S/C21H27FN4O4/c1-2-3-12-25-19(23)18(20(28)24-21(25)29)26(14-8-4-5-9-14)17(27)13-30-16-11-7-6-10-15(16)22/h6-7,10-11,14H,2-5,8-9,12-13,23H2,1H3,(H,24,28,29). The molecule has 162 valence electrons. The summed E-state index contributed by atoms with van der Waals surface area (Å²) in [4.78, 5) is 41.6. The maximum atomic E-state index is 13.8. The zero-order valence-corrected chi connectivity index (χ0v) is 17.0. The molecule has 1 aromatic carbocycles. The molecule has 1 fully saturated rings. The molecule has 0 bridgehead atoms. The fourth-order valence-corrected chi connectivity index (χ4v) is 3.79. The van der Waals surface area contributed by atoms with Gasteiger partial charge in [0.25, 0.3) is 11.5 Å². The summed E-state index contributed by atoms with van der Waals surface area (Å²) in [5, 5.41) is 0. The van der Waals surface area contributed by atoms with Crippen molar-refractivity contribution >= 4 is 17.4 Å². The monoisotopic (exact) mass is 418 g/mol. The molecule has 30 heavy (non-hydrogen) atoms. The summed E-state index contributed by atoms with van der Waals surface area (Å²) >= 11 is 0. The molecular weight excluding hydrogens is 391 g/mol. The van der Waals surface area contributed by atoms with Gasteiger partial charge in [0.1, 0.15) is 5.82 Å². The van der Waals surface area contributed by atoms with E-state index in [9.17, 15) is 18.8 Å². The number of nitrogen functional groups attached to an aromatic ring is 1. The smallest absolute Gasteiger partial charge is 0.330 e. The van der Waals surface area contributed by atoms with Crippen LogP contribution >= 0.6 is 0 Å². The van der Waals surface area contributed by atoms with Crippen LogP contribution in [0.4, 0.5) is 15.9 Å². The normalized spacial score (nSPS) is 14.1. The fourth-order valence-electron chi connectivity index (χ4n) is 3.79. The number of aromatic nitrogens is 2. The average molecular weight is 418 g/mol. The third kappa shape index (κ3) is 4.55. The van der Waals surface area contributed by atoms with E-state index in [0.29, 0.717) is 25.8 Å². The van der Waals surface area contributed by atoms with Crippen LogP contribution in [0.5, 0.6) is 5.75 Å². The van der Waals surface area contributed by atoms with Crippen molar-refractivity contribution < 1.29 is 13.9 Å². The van der Waals surface area contributed by atoms with Gasteiger partial charge in [-0.3, -0.25) is 24.0 Å². The minimum absolute atomic E-state index is 0.0386. The molecule has 1 aliphatic carbocycles. The predicted octanol–water partition coefficient (Wildman–Crippen LogP) is 2.41. The molecule has 0 unspecified atom stereocenters. The Labute approximate surface area is 173 Å². The Balaban J connectivity index is 1.96. The second kappa shape index (κ2) is 9.60. The van der Waals surface area contributed by atoms with Gasteiger partial charge in [-0.2, -0.15) is 0 Å². The number of hydrogen-bond acceptors (Lipinski definition) is 5. The third-order valence-corrected chi connectivity index (χ3v) is 5.34. The SMILES string of the molecule is CCCCn1c(N)c(N(C(=O)COc2ccccc2F)C2CCCC2)c(=O)[nH]c1=O. The number of amides is 1. The van der Waals surface area contributed by atoms with Crippen molar-refractivity contribution in [2.24, 2.45) is 0 Å². The minimum Gasteiger partial charge on any atom is -0.481 e. The number of rotatable bonds is 8. The zero-order valence-electron chi connectivity index (χ0n) is 17.0. The molecule has 3 N–H and O–H groups in total. The average Bonchev–Trinajstić information content (AvgIpc) is 3.24. The van der Waals surface area contributed by atoms with Crippen molar-refractivity contribution in [1.29, 1.82) is 0 Å². The molecule has 0 spiro atoms. The van der Waals surface area contributed by atoms with E-state index in [2.05, 4.69) is 4.98 Å². The fraction of sp³-hybridized carbons (Fsp3) is 0.476. The van der Waals surface area contributed by atoms with Gasteiger partial charge in [0.05, 0.1) is 0 Å². The van der Waals surface area contributed by atoms with E-state index < -0.39 is 29.6 Å². The first-order valence-electron chi connectivity index (χ1n) is 10.3. The van der Waals surface area contributed by atoms with Crippen LogP contribution in [0.3, 0.4) is 0 Å². The second-order valence-electron chi connectivity index (χ2n) is 7.42. The van der Waals surface area contributed by atoms with Gasteiger partial charge >= 0.3 is 5.69 Å². The number of unbranched alkanes of at least 4 members (excludes halogenated alkanes) is 1. The Morgan fingerprint density at radius 3 is 2.67 bits per heavy atom. The molecule has 1 heterocycles. The van der Waals surface area contributed by atoms with Crippen molar-refractivity contribution in [2.75, 3.05) is 17.2 Å². The molecule has 3 rings (SSSR count). The number of para-hydroxylation sites is 1. The number of nitrogens with zero attached hydrogens (tertiary/aromatic N) is 2. The maximum absolute atomic E-state index is 13.8. The lowest BCUT2D eigenvalue weighted by molar-refractivity contribution is -0.121. The highest BCUT2D eigenvalue weighted by Crippen LogP contribution is 2.29. The highest BCUT2D eigenvalue weighted by Gasteiger charge is 2.32. The summed E-state index contributed by atoms with van der Waals surface area (Å²) < 4.78 is 20.5. The summed E-state index contributed by atoms with van der Waals surface area (Å²) in [5.41, 5.74) is 4.86. The van der Waals surface area contributed by atoms with E-state index in [1.807, 2.05) is 6.92 Å². The Morgan fingerprint density at radius 1 is 1.30 bits per heavy atom. The molecule has 0 aliphatic heterocycles. The van der Waals surface area contributed by atoms with E-state index in [-0.39, 0.29) is 23.3 Å². The van der Waals surface area contributed by atoms with Crippen molar-refractivity contribution in [1.82, 2.24) is 9.55 Å². The molecule has 9 heteroatoms. The number of halogens is 1. The number of hydrogen-bond donors (Lipinski definition) is 2. The summed E-state index contributed by atoms with van der Waals surface area (Å²) in [6.07, 6.45) is 4.77. The van der Waals surface area contributed by atoms with E-state index in [4.69, 9.17) is 10.5 Å². The Kier molecular flexibility index (Phi) is 6.91. The first-order valence-corrected chi connectivity index (χ1v) is 10.3. The molecule has 8 nitrogen and oxygen atoms in total. The maximum Gasteiger partial charge on any atom is 0.330 e. The Bertz CT molecular complexity index is 1010. The van der Waals surface area contributed by atoms with E-state index in [1.54, 1.807) is 6.07 Å². The molecule has 1 amide bonds. The van der Waals surface area contributed by atoms with Crippen molar-refractivity contribution in [3.8, 4) is 5.75 Å². The van der Waals surface area contributed by atoms with Gasteiger partial charge in [-0.1, -0.05) is 38.3 Å². The van der Waals surface area contributed by atoms with E-state index in [1.165, 1.54) is 27.7 Å². The van der Waals surface area contributed by atoms with Crippen LogP contribution < -0.4 is 26.6 Å². The highest BCUT2D eigenvalue weighted by molar-refractivity contribution is 5.97. The van der Waals surface area contributed by atoms with Gasteiger partial charge in [0, 0.05) is 12.6 Å². The molecule has 0 radical (unpaired) electrons. The largest absolute Gasteiger partial charge is 0.481 e. The summed E-state index contributed by atoms with van der Waals surface area (Å²) in [5.74, 6) is -1.18. The van der Waals surface area contributed by atoms with Gasteiger partial charge in [-0.15, -0.1) is 0 Å². The summed E-state index contributed by atoms with van der Waals surface area (Å²) in [6.45, 7) is 1.86. The number of H-pyrrole nitrogens is 1. The van der Waals surface area contributed by atoms with Crippen LogP contribution in [0, 0.1) is 5.82 Å². The second-order valence-corrected chi connectivity index (χ2v) is 7.42. The van der Waals surface area contributed by atoms with Crippen molar-refractivity contribution in [2.45, 2.75) is 58.0 Å². The van der Waals surface area contributed by atoms with Gasteiger partial charge in [0.2, 0.25) is 0 Å². The van der Waals surface area contributed by atoms with Gasteiger partial charge in [-0.25, -0.2) is 9.18 Å². The Morgan fingerprint density at radius 2 is 2.00 bits per heavy atom. The molecule has 1 aromatic heterocycles. The van der Waals surface area contributed by atoms with Crippen LogP contribution in [0.1, 0.15) is 45.4 Å². The number of carbonyl (C=O) groups excluding carboxylic acids is 1. The zero-order chi connectivity index (χ0) is 21.7. The summed E-state index contributed by atoms with van der Waals surface area (Å²) in [7, 11) is 0. The molecule has 1 aliphatic rings. The van der Waals surface area contributed by atoms with Crippen LogP contribution in [0.25, 0.3) is 0 Å². The first-order chi connectivity index (χ1) is 14.4. The van der Waals surface area contributed by atoms with Crippen LogP contribution in [0.2, 0.25) is 0 Å². The van der Waals surface area contributed by atoms with Crippen LogP contribution in [-0.4, -0.2) is 28.1 Å². The van der Waals surface area contributed by atoms with Gasteiger partial charge in [-0.05, 0) is 31.4 Å². The molecule has 2 aromatic rings. The lowest BCUT2D eigenvalue weighted by atomic mass is 10.2. The first kappa shape index (κ1) is 21.6. The van der Waals surface area contributed by atoms with Crippen LogP contribution in [0.15, 0.2) is 33.9 Å².